The third-order valence-electron chi connectivity index (χ3n) is 3.86. The number of carbonyl (C=O) groups is 1. The zero-order valence-corrected chi connectivity index (χ0v) is 13.7. The van der Waals surface area contributed by atoms with E-state index in [0.717, 1.165) is 23.9 Å². The molecule has 1 aromatic rings. The van der Waals surface area contributed by atoms with Crippen LogP contribution in [0.4, 0.5) is 0 Å². The number of hydrogen-bond donors (Lipinski definition) is 1. The van der Waals surface area contributed by atoms with Crippen LogP contribution in [0.1, 0.15) is 51.8 Å². The predicted molar refractivity (Wildman–Crippen MR) is 83.5 cm³/mol. The van der Waals surface area contributed by atoms with E-state index in [1.165, 1.54) is 43.9 Å². The van der Waals surface area contributed by atoms with Gasteiger partial charge in [-0.25, -0.2) is 0 Å². The van der Waals surface area contributed by atoms with Crippen LogP contribution in [0.3, 0.4) is 0 Å². The van der Waals surface area contributed by atoms with E-state index in [4.69, 9.17) is 5.11 Å². The number of carboxylic acid groups (broad SMARTS) is 1. The summed E-state index contributed by atoms with van der Waals surface area (Å²) in [6, 6.07) is 0. The highest BCUT2D eigenvalue weighted by molar-refractivity contribution is 7.99. The van der Waals surface area contributed by atoms with Crippen LogP contribution in [0.2, 0.25) is 0 Å². The highest BCUT2D eigenvalue weighted by atomic mass is 32.2. The Labute approximate surface area is 130 Å². The minimum Gasteiger partial charge on any atom is -0.481 e. The first-order valence-corrected chi connectivity index (χ1v) is 8.81. The van der Waals surface area contributed by atoms with Gasteiger partial charge < -0.3 is 9.67 Å². The fourth-order valence-corrected chi connectivity index (χ4v) is 3.59. The Morgan fingerprint density at radius 2 is 2.05 bits per heavy atom. The molecule has 0 aromatic carbocycles. The van der Waals surface area contributed by atoms with Gasteiger partial charge in [-0.3, -0.25) is 4.79 Å². The SMILES string of the molecule is CC(C)Cn1c(CC2CCCCC2)nnc1SCC(=O)O. The van der Waals surface area contributed by atoms with Crippen LogP contribution in [0.5, 0.6) is 0 Å². The van der Waals surface area contributed by atoms with Crippen LogP contribution in [0, 0.1) is 11.8 Å². The topological polar surface area (TPSA) is 68.0 Å². The number of carboxylic acids is 1. The molecule has 0 aliphatic heterocycles. The Kier molecular flexibility index (Phi) is 6.08. The molecule has 21 heavy (non-hydrogen) atoms. The summed E-state index contributed by atoms with van der Waals surface area (Å²) in [4.78, 5) is 10.8. The summed E-state index contributed by atoms with van der Waals surface area (Å²) in [5.74, 6) is 1.47. The van der Waals surface area contributed by atoms with Crippen LogP contribution >= 0.6 is 11.8 Å². The molecule has 6 heteroatoms. The van der Waals surface area contributed by atoms with Crippen molar-refractivity contribution in [1.29, 1.82) is 0 Å². The Morgan fingerprint density at radius 1 is 1.33 bits per heavy atom. The van der Waals surface area contributed by atoms with Crippen molar-refractivity contribution in [2.75, 3.05) is 5.75 Å². The maximum atomic E-state index is 10.8. The molecule has 0 amide bonds. The predicted octanol–water partition coefficient (Wildman–Crippen LogP) is 3.23. The molecule has 2 rings (SSSR count). The van der Waals surface area contributed by atoms with E-state index in [9.17, 15) is 4.79 Å². The van der Waals surface area contributed by atoms with Crippen molar-refractivity contribution >= 4 is 17.7 Å². The normalized spacial score (nSPS) is 16.5. The van der Waals surface area contributed by atoms with Gasteiger partial charge in [-0.05, 0) is 11.8 Å². The van der Waals surface area contributed by atoms with E-state index in [-0.39, 0.29) is 5.75 Å². The highest BCUT2D eigenvalue weighted by Crippen LogP contribution is 2.28. The molecule has 1 fully saturated rings. The van der Waals surface area contributed by atoms with E-state index in [2.05, 4.69) is 28.6 Å². The average Bonchev–Trinajstić information content (AvgIpc) is 2.79. The quantitative estimate of drug-likeness (QED) is 0.783. The summed E-state index contributed by atoms with van der Waals surface area (Å²) in [6.07, 6.45) is 7.55. The van der Waals surface area contributed by atoms with Crippen molar-refractivity contribution in [1.82, 2.24) is 14.8 Å². The van der Waals surface area contributed by atoms with E-state index in [1.807, 2.05) is 0 Å². The first-order valence-electron chi connectivity index (χ1n) is 7.83. The lowest BCUT2D eigenvalue weighted by molar-refractivity contribution is -0.133. The maximum Gasteiger partial charge on any atom is 0.313 e. The molecule has 1 aromatic heterocycles. The number of rotatable bonds is 7. The molecule has 0 unspecified atom stereocenters. The van der Waals surface area contributed by atoms with Crippen LogP contribution in [-0.4, -0.2) is 31.6 Å². The smallest absolute Gasteiger partial charge is 0.313 e. The van der Waals surface area contributed by atoms with Crippen LogP contribution in [0.15, 0.2) is 5.16 Å². The lowest BCUT2D eigenvalue weighted by Gasteiger charge is -2.21. The van der Waals surface area contributed by atoms with Gasteiger partial charge in [0.1, 0.15) is 5.82 Å². The summed E-state index contributed by atoms with van der Waals surface area (Å²) < 4.78 is 2.13. The molecule has 0 radical (unpaired) electrons. The minimum atomic E-state index is -0.812. The van der Waals surface area contributed by atoms with Crippen molar-refractivity contribution < 1.29 is 9.90 Å². The van der Waals surface area contributed by atoms with E-state index in [0.29, 0.717) is 11.8 Å². The Balaban J connectivity index is 2.09. The standard InChI is InChI=1S/C15H25N3O2S/c1-11(2)9-18-13(8-12-6-4-3-5-7-12)16-17-15(18)21-10-14(19)20/h11-12H,3-10H2,1-2H3,(H,19,20). The van der Waals surface area contributed by atoms with E-state index < -0.39 is 5.97 Å². The number of hydrogen-bond acceptors (Lipinski definition) is 4. The summed E-state index contributed by atoms with van der Waals surface area (Å²) in [6.45, 7) is 5.18. The largest absolute Gasteiger partial charge is 0.481 e. The molecular weight excluding hydrogens is 286 g/mol. The Morgan fingerprint density at radius 3 is 2.67 bits per heavy atom. The maximum absolute atomic E-state index is 10.8. The third kappa shape index (κ3) is 5.02. The van der Waals surface area contributed by atoms with Gasteiger partial charge in [0.25, 0.3) is 0 Å². The molecule has 1 heterocycles. The number of aliphatic carboxylic acids is 1. The summed E-state index contributed by atoms with van der Waals surface area (Å²) in [5, 5.41) is 18.1. The Hall–Kier alpha value is -1.04. The molecule has 0 atom stereocenters. The molecule has 118 valence electrons. The lowest BCUT2D eigenvalue weighted by Crippen LogP contribution is -2.16. The van der Waals surface area contributed by atoms with Gasteiger partial charge in [0.05, 0.1) is 5.75 Å². The van der Waals surface area contributed by atoms with Crippen LogP contribution in [0.25, 0.3) is 0 Å². The Bertz CT molecular complexity index is 467. The second kappa shape index (κ2) is 7.82. The zero-order valence-electron chi connectivity index (χ0n) is 12.9. The first kappa shape index (κ1) is 16.3. The number of nitrogens with zero attached hydrogens (tertiary/aromatic N) is 3. The average molecular weight is 311 g/mol. The summed E-state index contributed by atoms with van der Waals surface area (Å²) in [7, 11) is 0. The van der Waals surface area contributed by atoms with Gasteiger partial charge in [-0.1, -0.05) is 57.7 Å². The van der Waals surface area contributed by atoms with Gasteiger partial charge in [-0.2, -0.15) is 0 Å². The number of aromatic nitrogens is 3. The van der Waals surface area contributed by atoms with Gasteiger partial charge >= 0.3 is 5.97 Å². The fourth-order valence-electron chi connectivity index (χ4n) is 2.90. The second-order valence-electron chi connectivity index (χ2n) is 6.29. The van der Waals surface area contributed by atoms with Crippen molar-refractivity contribution in [2.45, 2.75) is 64.1 Å². The van der Waals surface area contributed by atoms with Gasteiger partial charge in [-0.15, -0.1) is 10.2 Å². The van der Waals surface area contributed by atoms with Crippen molar-refractivity contribution in [3.05, 3.63) is 5.82 Å². The fraction of sp³-hybridized carbons (Fsp3) is 0.800. The van der Waals surface area contributed by atoms with Crippen molar-refractivity contribution in [3.8, 4) is 0 Å². The van der Waals surface area contributed by atoms with Gasteiger partial charge in [0.15, 0.2) is 5.16 Å². The summed E-state index contributed by atoms with van der Waals surface area (Å²) in [5.41, 5.74) is 0. The molecule has 1 aliphatic carbocycles. The van der Waals surface area contributed by atoms with E-state index >= 15 is 0 Å². The molecule has 0 bridgehead atoms. The second-order valence-corrected chi connectivity index (χ2v) is 7.24. The van der Waals surface area contributed by atoms with Crippen molar-refractivity contribution in [3.63, 3.8) is 0 Å². The molecule has 1 aliphatic rings. The van der Waals surface area contributed by atoms with Crippen LogP contribution in [-0.2, 0) is 17.8 Å². The highest BCUT2D eigenvalue weighted by Gasteiger charge is 2.20. The molecule has 0 spiro atoms. The van der Waals surface area contributed by atoms with Gasteiger partial charge in [0.2, 0.25) is 0 Å². The molecule has 1 saturated carbocycles. The zero-order chi connectivity index (χ0) is 15.2. The van der Waals surface area contributed by atoms with Crippen LogP contribution < -0.4 is 0 Å². The van der Waals surface area contributed by atoms with E-state index in [1.54, 1.807) is 0 Å². The lowest BCUT2D eigenvalue weighted by atomic mass is 9.87. The monoisotopic (exact) mass is 311 g/mol. The molecular formula is C15H25N3O2S. The minimum absolute atomic E-state index is 0.0413. The molecule has 5 nitrogen and oxygen atoms in total. The summed E-state index contributed by atoms with van der Waals surface area (Å²) >= 11 is 1.27. The van der Waals surface area contributed by atoms with Gasteiger partial charge in [0, 0.05) is 13.0 Å². The third-order valence-corrected chi connectivity index (χ3v) is 4.81. The first-order chi connectivity index (χ1) is 10.1. The number of thioether (sulfide) groups is 1. The molecule has 1 N–H and O–H groups in total. The molecule has 0 saturated heterocycles. The van der Waals surface area contributed by atoms with Crippen molar-refractivity contribution in [2.24, 2.45) is 11.8 Å².